The largest absolute Gasteiger partial charge is 0.236 e. The molecule has 2 nitrogen and oxygen atoms in total. The smallest absolute Gasteiger partial charge is 0.0952 e. The predicted octanol–water partition coefficient (Wildman–Crippen LogP) is 4.59. The third kappa shape index (κ3) is 10.4. The van der Waals surface area contributed by atoms with Gasteiger partial charge in [0.1, 0.15) is 0 Å². The summed E-state index contributed by atoms with van der Waals surface area (Å²) in [6.07, 6.45) is 2.36. The van der Waals surface area contributed by atoms with Gasteiger partial charge in [-0.15, -0.1) is 0 Å². The third-order valence-corrected chi connectivity index (χ3v) is 2.31. The molecule has 0 fully saturated rings. The molecule has 16 heavy (non-hydrogen) atoms. The van der Waals surface area contributed by atoms with Crippen LogP contribution in [-0.2, 0) is 9.78 Å². The van der Waals surface area contributed by atoms with Gasteiger partial charge >= 0.3 is 0 Å². The van der Waals surface area contributed by atoms with Crippen LogP contribution in [0.15, 0.2) is 0 Å². The second-order valence-corrected chi connectivity index (χ2v) is 7.68. The van der Waals surface area contributed by atoms with Crippen LogP contribution in [0, 0.1) is 10.8 Å². The zero-order valence-electron chi connectivity index (χ0n) is 12.4. The summed E-state index contributed by atoms with van der Waals surface area (Å²) in [5, 5.41) is 0. The normalized spacial score (nSPS) is 14.2. The molecule has 0 aliphatic rings. The molecule has 2 heteroatoms. The van der Waals surface area contributed by atoms with Crippen LogP contribution >= 0.6 is 0 Å². The van der Waals surface area contributed by atoms with Gasteiger partial charge in [0.25, 0.3) is 0 Å². The molecular weight excluding hydrogens is 200 g/mol. The van der Waals surface area contributed by atoms with Crippen LogP contribution in [0.2, 0.25) is 0 Å². The number of rotatable bonds is 5. The van der Waals surface area contributed by atoms with E-state index in [-0.39, 0.29) is 11.0 Å². The van der Waals surface area contributed by atoms with Crippen LogP contribution in [0.3, 0.4) is 0 Å². The molecule has 0 amide bonds. The van der Waals surface area contributed by atoms with E-state index in [0.717, 1.165) is 6.42 Å². The van der Waals surface area contributed by atoms with E-state index >= 15 is 0 Å². The zero-order chi connectivity index (χ0) is 13.0. The maximum absolute atomic E-state index is 5.33. The first-order chi connectivity index (χ1) is 6.91. The van der Waals surface area contributed by atoms with Gasteiger partial charge in [0, 0.05) is 0 Å². The summed E-state index contributed by atoms with van der Waals surface area (Å²) in [6.45, 7) is 17.9. The molecule has 0 unspecified atom stereocenters. The SMILES string of the molecule is CC(C)(C)CCC(C)(C)COOC(C)(C)C. The summed E-state index contributed by atoms with van der Waals surface area (Å²) in [4.78, 5) is 10.6. The second-order valence-electron chi connectivity index (χ2n) is 7.68. The minimum Gasteiger partial charge on any atom is -0.236 e. The first-order valence-corrected chi connectivity index (χ1v) is 6.22. The van der Waals surface area contributed by atoms with E-state index in [9.17, 15) is 0 Å². The van der Waals surface area contributed by atoms with Crippen LogP contribution in [0.5, 0.6) is 0 Å². The molecule has 0 aliphatic carbocycles. The van der Waals surface area contributed by atoms with E-state index in [1.807, 2.05) is 20.8 Å². The van der Waals surface area contributed by atoms with Gasteiger partial charge < -0.3 is 0 Å². The standard InChI is InChI=1S/C14H30O2/c1-12(2,3)9-10-14(7,8)11-15-16-13(4,5)6/h9-11H2,1-8H3. The Balaban J connectivity index is 3.88. The highest BCUT2D eigenvalue weighted by Crippen LogP contribution is 2.30. The Bertz CT molecular complexity index is 194. The Morgan fingerprint density at radius 2 is 1.25 bits per heavy atom. The first-order valence-electron chi connectivity index (χ1n) is 6.22. The minimum absolute atomic E-state index is 0.179. The van der Waals surface area contributed by atoms with Crippen molar-refractivity contribution >= 4 is 0 Å². The molecular formula is C14H30O2. The van der Waals surface area contributed by atoms with Gasteiger partial charge in [-0.05, 0) is 44.4 Å². The van der Waals surface area contributed by atoms with Crippen LogP contribution in [0.25, 0.3) is 0 Å². The van der Waals surface area contributed by atoms with Gasteiger partial charge in [-0.25, -0.2) is 9.78 Å². The van der Waals surface area contributed by atoms with E-state index in [1.54, 1.807) is 0 Å². The Labute approximate surface area is 102 Å². The lowest BCUT2D eigenvalue weighted by Gasteiger charge is -2.29. The monoisotopic (exact) mass is 230 g/mol. The molecule has 0 heterocycles. The highest BCUT2D eigenvalue weighted by Gasteiger charge is 2.23. The van der Waals surface area contributed by atoms with Crippen molar-refractivity contribution in [2.45, 2.75) is 73.8 Å². The zero-order valence-corrected chi connectivity index (χ0v) is 12.4. The molecule has 0 aromatic rings. The minimum atomic E-state index is -0.222. The third-order valence-electron chi connectivity index (χ3n) is 2.31. The Morgan fingerprint density at radius 3 is 1.62 bits per heavy atom. The average molecular weight is 230 g/mol. The predicted molar refractivity (Wildman–Crippen MR) is 69.3 cm³/mol. The summed E-state index contributed by atoms with van der Waals surface area (Å²) in [6, 6.07) is 0. The van der Waals surface area contributed by atoms with Crippen molar-refractivity contribution in [2.75, 3.05) is 6.61 Å². The molecule has 0 aromatic heterocycles. The van der Waals surface area contributed by atoms with Crippen molar-refractivity contribution in [3.63, 3.8) is 0 Å². The molecule has 0 saturated heterocycles. The van der Waals surface area contributed by atoms with Crippen LogP contribution in [-0.4, -0.2) is 12.2 Å². The molecule has 0 N–H and O–H groups in total. The molecule has 0 aromatic carbocycles. The van der Waals surface area contributed by atoms with Gasteiger partial charge in [-0.3, -0.25) is 0 Å². The fourth-order valence-corrected chi connectivity index (χ4v) is 1.15. The van der Waals surface area contributed by atoms with Crippen molar-refractivity contribution in [1.29, 1.82) is 0 Å². The van der Waals surface area contributed by atoms with Gasteiger partial charge in [0.05, 0.1) is 12.2 Å². The lowest BCUT2D eigenvalue weighted by Crippen LogP contribution is -2.26. The maximum atomic E-state index is 5.33. The molecule has 0 atom stereocenters. The quantitative estimate of drug-likeness (QED) is 0.508. The lowest BCUT2D eigenvalue weighted by molar-refractivity contribution is -0.359. The Hall–Kier alpha value is -0.0800. The molecule has 0 bridgehead atoms. The van der Waals surface area contributed by atoms with E-state index in [1.165, 1.54) is 6.42 Å². The van der Waals surface area contributed by atoms with Crippen molar-refractivity contribution in [2.24, 2.45) is 10.8 Å². The molecule has 98 valence electrons. The van der Waals surface area contributed by atoms with Gasteiger partial charge in [0.2, 0.25) is 0 Å². The molecule has 0 radical (unpaired) electrons. The highest BCUT2D eigenvalue weighted by atomic mass is 17.2. The van der Waals surface area contributed by atoms with E-state index in [4.69, 9.17) is 9.78 Å². The van der Waals surface area contributed by atoms with Crippen LogP contribution in [0.1, 0.15) is 68.2 Å². The maximum Gasteiger partial charge on any atom is 0.0952 e. The summed E-state index contributed by atoms with van der Waals surface area (Å²) in [5.74, 6) is 0. The second kappa shape index (κ2) is 5.50. The fourth-order valence-electron chi connectivity index (χ4n) is 1.15. The Morgan fingerprint density at radius 1 is 0.750 bits per heavy atom. The van der Waals surface area contributed by atoms with Crippen LogP contribution < -0.4 is 0 Å². The molecule has 0 spiro atoms. The average Bonchev–Trinajstić information content (AvgIpc) is 1.97. The number of hydrogen-bond acceptors (Lipinski definition) is 2. The van der Waals surface area contributed by atoms with Gasteiger partial charge in [-0.1, -0.05) is 34.6 Å². The molecule has 0 saturated carbocycles. The fraction of sp³-hybridized carbons (Fsp3) is 1.00. The van der Waals surface area contributed by atoms with Crippen molar-refractivity contribution in [3.05, 3.63) is 0 Å². The first kappa shape index (κ1) is 15.9. The topological polar surface area (TPSA) is 18.5 Å². The van der Waals surface area contributed by atoms with Gasteiger partial charge in [-0.2, -0.15) is 0 Å². The molecule has 0 aliphatic heterocycles. The molecule has 0 rings (SSSR count). The summed E-state index contributed by atoms with van der Waals surface area (Å²) < 4.78 is 0. The van der Waals surface area contributed by atoms with E-state index in [0.29, 0.717) is 12.0 Å². The number of hydrogen-bond donors (Lipinski definition) is 0. The van der Waals surface area contributed by atoms with Crippen molar-refractivity contribution in [3.8, 4) is 0 Å². The summed E-state index contributed by atoms with van der Waals surface area (Å²) in [5.41, 5.74) is 0.348. The van der Waals surface area contributed by atoms with Crippen molar-refractivity contribution < 1.29 is 9.78 Å². The van der Waals surface area contributed by atoms with Crippen LogP contribution in [0.4, 0.5) is 0 Å². The van der Waals surface area contributed by atoms with E-state index in [2.05, 4.69) is 34.6 Å². The van der Waals surface area contributed by atoms with E-state index < -0.39 is 0 Å². The van der Waals surface area contributed by atoms with Gasteiger partial charge in [0.15, 0.2) is 0 Å². The summed E-state index contributed by atoms with van der Waals surface area (Å²) >= 11 is 0. The van der Waals surface area contributed by atoms with Crippen molar-refractivity contribution in [1.82, 2.24) is 0 Å². The lowest BCUT2D eigenvalue weighted by atomic mass is 9.81. The Kier molecular flexibility index (Phi) is 5.48. The summed E-state index contributed by atoms with van der Waals surface area (Å²) in [7, 11) is 0. The highest BCUT2D eigenvalue weighted by molar-refractivity contribution is 4.72.